The molecule has 0 radical (unpaired) electrons. The van der Waals surface area contributed by atoms with Gasteiger partial charge in [-0.3, -0.25) is 4.68 Å². The first kappa shape index (κ1) is 14.1. The Labute approximate surface area is 117 Å². The average Bonchev–Trinajstić information content (AvgIpc) is 2.78. The number of hydrogen-bond acceptors (Lipinski definition) is 3. The molecule has 2 rings (SSSR count). The summed E-state index contributed by atoms with van der Waals surface area (Å²) in [4.78, 5) is 11.0. The van der Waals surface area contributed by atoms with Gasteiger partial charge in [-0.15, -0.1) is 0 Å². The Morgan fingerprint density at radius 2 is 2.10 bits per heavy atom. The standard InChI is InChI=1S/C15H18N2O3/c1-5-20-14-10(3)9(2)6-7-11(14)13-8-12(15(18)19)16-17(13)4/h6-8H,5H2,1-4H3,(H,18,19). The molecule has 5 nitrogen and oxygen atoms in total. The maximum Gasteiger partial charge on any atom is 0.356 e. The number of carboxylic acid groups (broad SMARTS) is 1. The normalized spacial score (nSPS) is 10.6. The third-order valence-electron chi connectivity index (χ3n) is 3.34. The van der Waals surface area contributed by atoms with Gasteiger partial charge in [-0.05, 0) is 44.0 Å². The number of aromatic nitrogens is 2. The molecule has 0 atom stereocenters. The summed E-state index contributed by atoms with van der Waals surface area (Å²) >= 11 is 0. The van der Waals surface area contributed by atoms with Gasteiger partial charge in [0, 0.05) is 12.6 Å². The lowest BCUT2D eigenvalue weighted by Gasteiger charge is -2.15. The van der Waals surface area contributed by atoms with Gasteiger partial charge in [0.15, 0.2) is 5.69 Å². The Hall–Kier alpha value is -2.30. The molecule has 0 amide bonds. The van der Waals surface area contributed by atoms with Crippen LogP contribution in [0.25, 0.3) is 11.3 Å². The highest BCUT2D eigenvalue weighted by atomic mass is 16.5. The lowest BCUT2D eigenvalue weighted by atomic mass is 10.0. The van der Waals surface area contributed by atoms with E-state index in [-0.39, 0.29) is 5.69 Å². The van der Waals surface area contributed by atoms with Crippen LogP contribution < -0.4 is 4.74 Å². The molecule has 0 aliphatic rings. The zero-order chi connectivity index (χ0) is 14.9. The topological polar surface area (TPSA) is 64.3 Å². The second-order valence-electron chi connectivity index (χ2n) is 4.66. The predicted molar refractivity (Wildman–Crippen MR) is 76.2 cm³/mol. The number of aromatic carboxylic acids is 1. The van der Waals surface area contributed by atoms with Gasteiger partial charge < -0.3 is 9.84 Å². The lowest BCUT2D eigenvalue weighted by molar-refractivity contribution is 0.0689. The van der Waals surface area contributed by atoms with Gasteiger partial charge >= 0.3 is 5.97 Å². The number of carbonyl (C=O) groups is 1. The molecule has 0 aliphatic carbocycles. The molecule has 0 saturated heterocycles. The fourth-order valence-electron chi connectivity index (χ4n) is 2.15. The van der Waals surface area contributed by atoms with Crippen molar-refractivity contribution in [3.05, 3.63) is 35.0 Å². The maximum atomic E-state index is 11.0. The Balaban J connectivity index is 2.63. The molecule has 2 aromatic rings. The molecule has 1 aromatic heterocycles. The average molecular weight is 274 g/mol. The van der Waals surface area contributed by atoms with E-state index in [0.29, 0.717) is 6.61 Å². The molecule has 106 valence electrons. The van der Waals surface area contributed by atoms with Gasteiger partial charge in [-0.25, -0.2) is 4.79 Å². The molecular formula is C15H18N2O3. The zero-order valence-electron chi connectivity index (χ0n) is 12.1. The van der Waals surface area contributed by atoms with E-state index >= 15 is 0 Å². The van der Waals surface area contributed by atoms with Gasteiger partial charge in [0.25, 0.3) is 0 Å². The number of ether oxygens (including phenoxy) is 1. The molecule has 20 heavy (non-hydrogen) atoms. The van der Waals surface area contributed by atoms with E-state index in [9.17, 15) is 4.79 Å². The van der Waals surface area contributed by atoms with Crippen molar-refractivity contribution in [3.8, 4) is 17.0 Å². The van der Waals surface area contributed by atoms with Crippen LogP contribution in [0.15, 0.2) is 18.2 Å². The van der Waals surface area contributed by atoms with Gasteiger partial charge in [0.1, 0.15) is 5.75 Å². The highest BCUT2D eigenvalue weighted by Crippen LogP contribution is 2.34. The van der Waals surface area contributed by atoms with Crippen molar-refractivity contribution in [2.75, 3.05) is 6.61 Å². The maximum absolute atomic E-state index is 11.0. The van der Waals surface area contributed by atoms with Crippen molar-refractivity contribution in [2.24, 2.45) is 7.05 Å². The van der Waals surface area contributed by atoms with E-state index in [1.54, 1.807) is 17.8 Å². The van der Waals surface area contributed by atoms with Crippen molar-refractivity contribution in [2.45, 2.75) is 20.8 Å². The molecular weight excluding hydrogens is 256 g/mol. The number of aryl methyl sites for hydroxylation is 2. The van der Waals surface area contributed by atoms with Crippen LogP contribution in [0.3, 0.4) is 0 Å². The highest BCUT2D eigenvalue weighted by molar-refractivity contribution is 5.87. The highest BCUT2D eigenvalue weighted by Gasteiger charge is 2.17. The van der Waals surface area contributed by atoms with Crippen molar-refractivity contribution < 1.29 is 14.6 Å². The van der Waals surface area contributed by atoms with Crippen LogP contribution in [-0.2, 0) is 7.05 Å². The minimum absolute atomic E-state index is 0.0307. The van der Waals surface area contributed by atoms with Crippen LogP contribution in [0.4, 0.5) is 0 Å². The number of hydrogen-bond donors (Lipinski definition) is 1. The molecule has 0 bridgehead atoms. The Bertz CT molecular complexity index is 659. The quantitative estimate of drug-likeness (QED) is 0.931. The molecule has 5 heteroatoms. The zero-order valence-corrected chi connectivity index (χ0v) is 12.1. The fraction of sp³-hybridized carbons (Fsp3) is 0.333. The molecule has 0 fully saturated rings. The summed E-state index contributed by atoms with van der Waals surface area (Å²) in [5.74, 6) is -0.249. The van der Waals surface area contributed by atoms with Gasteiger partial charge in [-0.2, -0.15) is 5.10 Å². The molecule has 0 aliphatic heterocycles. The van der Waals surface area contributed by atoms with Gasteiger partial charge in [-0.1, -0.05) is 6.07 Å². The molecule has 0 saturated carbocycles. The number of benzene rings is 1. The summed E-state index contributed by atoms with van der Waals surface area (Å²) in [5.41, 5.74) is 3.81. The first-order valence-electron chi connectivity index (χ1n) is 6.46. The third-order valence-corrected chi connectivity index (χ3v) is 3.34. The molecule has 1 heterocycles. The van der Waals surface area contributed by atoms with Crippen molar-refractivity contribution >= 4 is 5.97 Å². The van der Waals surface area contributed by atoms with Gasteiger partial charge in [0.2, 0.25) is 0 Å². The first-order chi connectivity index (χ1) is 9.45. The Morgan fingerprint density at radius 1 is 1.40 bits per heavy atom. The molecule has 1 N–H and O–H groups in total. The van der Waals surface area contributed by atoms with Crippen molar-refractivity contribution in [3.63, 3.8) is 0 Å². The minimum atomic E-state index is -1.03. The third kappa shape index (κ3) is 2.39. The lowest BCUT2D eigenvalue weighted by Crippen LogP contribution is -2.01. The van der Waals surface area contributed by atoms with E-state index in [4.69, 9.17) is 9.84 Å². The van der Waals surface area contributed by atoms with Crippen molar-refractivity contribution in [1.29, 1.82) is 0 Å². The fourth-order valence-corrected chi connectivity index (χ4v) is 2.15. The SMILES string of the molecule is CCOc1c(-c2cc(C(=O)O)nn2C)ccc(C)c1C. The van der Waals surface area contributed by atoms with E-state index in [0.717, 1.165) is 28.1 Å². The Kier molecular flexibility index (Phi) is 3.79. The van der Waals surface area contributed by atoms with Crippen LogP contribution >= 0.6 is 0 Å². The molecule has 0 spiro atoms. The second kappa shape index (κ2) is 5.36. The van der Waals surface area contributed by atoms with Crippen LogP contribution in [0.5, 0.6) is 5.75 Å². The smallest absolute Gasteiger partial charge is 0.356 e. The van der Waals surface area contributed by atoms with E-state index in [1.807, 2.05) is 32.9 Å². The molecule has 0 unspecified atom stereocenters. The van der Waals surface area contributed by atoms with E-state index < -0.39 is 5.97 Å². The predicted octanol–water partition coefficient (Wildman–Crippen LogP) is 2.80. The minimum Gasteiger partial charge on any atom is -0.493 e. The number of nitrogens with zero attached hydrogens (tertiary/aromatic N) is 2. The van der Waals surface area contributed by atoms with Gasteiger partial charge in [0.05, 0.1) is 12.3 Å². The summed E-state index contributed by atoms with van der Waals surface area (Å²) in [5, 5.41) is 13.0. The second-order valence-corrected chi connectivity index (χ2v) is 4.66. The summed E-state index contributed by atoms with van der Waals surface area (Å²) in [6.07, 6.45) is 0. The summed E-state index contributed by atoms with van der Waals surface area (Å²) in [6.45, 7) is 6.50. The van der Waals surface area contributed by atoms with Crippen LogP contribution in [0.2, 0.25) is 0 Å². The largest absolute Gasteiger partial charge is 0.493 e. The van der Waals surface area contributed by atoms with Crippen LogP contribution in [0, 0.1) is 13.8 Å². The van der Waals surface area contributed by atoms with E-state index in [1.165, 1.54) is 0 Å². The first-order valence-corrected chi connectivity index (χ1v) is 6.46. The Morgan fingerprint density at radius 3 is 2.65 bits per heavy atom. The van der Waals surface area contributed by atoms with Crippen LogP contribution in [-0.4, -0.2) is 27.5 Å². The molecule has 1 aromatic carbocycles. The monoisotopic (exact) mass is 274 g/mol. The van der Waals surface area contributed by atoms with E-state index in [2.05, 4.69) is 5.10 Å². The number of carboxylic acids is 1. The number of rotatable bonds is 4. The van der Waals surface area contributed by atoms with Crippen molar-refractivity contribution in [1.82, 2.24) is 9.78 Å². The summed E-state index contributed by atoms with van der Waals surface area (Å²) < 4.78 is 7.30. The summed E-state index contributed by atoms with van der Waals surface area (Å²) in [7, 11) is 1.73. The summed E-state index contributed by atoms with van der Waals surface area (Å²) in [6, 6.07) is 5.51. The van der Waals surface area contributed by atoms with Crippen LogP contribution in [0.1, 0.15) is 28.5 Å².